The number of aryl methyl sites for hydroxylation is 3. The van der Waals surface area contributed by atoms with Crippen LogP contribution in [0.15, 0.2) is 59.4 Å². The Labute approximate surface area is 214 Å². The third kappa shape index (κ3) is 5.66. The van der Waals surface area contributed by atoms with E-state index in [1.54, 1.807) is 30.3 Å². The van der Waals surface area contributed by atoms with E-state index in [1.807, 2.05) is 32.4 Å². The Morgan fingerprint density at radius 3 is 2.32 bits per heavy atom. The molecular weight excluding hydrogens is 468 g/mol. The van der Waals surface area contributed by atoms with E-state index in [9.17, 15) is 14.4 Å². The van der Waals surface area contributed by atoms with Crippen LogP contribution in [0.3, 0.4) is 0 Å². The Kier molecular flexibility index (Phi) is 7.62. The van der Waals surface area contributed by atoms with Gasteiger partial charge >= 0.3 is 0 Å². The quantitative estimate of drug-likeness (QED) is 0.300. The van der Waals surface area contributed by atoms with Crippen LogP contribution in [-0.4, -0.2) is 31.4 Å². The molecule has 0 bridgehead atoms. The third-order valence-electron chi connectivity index (χ3n) is 6.11. The van der Waals surface area contributed by atoms with Gasteiger partial charge in [-0.25, -0.2) is 4.68 Å². The monoisotopic (exact) mass is 498 g/mol. The molecule has 0 unspecified atom stereocenters. The molecular formula is C28H30N6O3. The number of fused-ring (bicyclic) bond motifs is 1. The molecule has 2 aromatic heterocycles. The zero-order chi connectivity index (χ0) is 26.5. The van der Waals surface area contributed by atoms with Gasteiger partial charge < -0.3 is 0 Å². The predicted molar refractivity (Wildman–Crippen MR) is 143 cm³/mol. The zero-order valence-corrected chi connectivity index (χ0v) is 21.4. The largest absolute Gasteiger partial charge is 0.290 e. The van der Waals surface area contributed by atoms with Gasteiger partial charge in [-0.1, -0.05) is 55.0 Å². The van der Waals surface area contributed by atoms with Crippen LogP contribution in [0.1, 0.15) is 51.9 Å². The van der Waals surface area contributed by atoms with E-state index in [-0.39, 0.29) is 11.3 Å². The zero-order valence-electron chi connectivity index (χ0n) is 21.4. The molecule has 0 saturated carbocycles. The fourth-order valence-corrected chi connectivity index (χ4v) is 4.12. The van der Waals surface area contributed by atoms with Gasteiger partial charge in [0, 0.05) is 29.3 Å². The van der Waals surface area contributed by atoms with E-state index in [1.165, 1.54) is 16.3 Å². The smallest absolute Gasteiger partial charge is 0.268 e. The van der Waals surface area contributed by atoms with Gasteiger partial charge in [0.25, 0.3) is 17.4 Å². The van der Waals surface area contributed by atoms with E-state index in [0.717, 1.165) is 22.5 Å². The second kappa shape index (κ2) is 11.0. The molecule has 2 heterocycles. The Morgan fingerprint density at radius 1 is 0.919 bits per heavy atom. The molecule has 4 aromatic rings. The molecule has 0 fully saturated rings. The molecule has 0 spiro atoms. The van der Waals surface area contributed by atoms with Gasteiger partial charge in [0.1, 0.15) is 0 Å². The summed E-state index contributed by atoms with van der Waals surface area (Å²) in [6.07, 6.45) is 3.71. The van der Waals surface area contributed by atoms with Crippen LogP contribution in [-0.2, 0) is 17.9 Å². The number of hydrogen-bond donors (Lipinski definition) is 2. The molecule has 2 amide bonds. The van der Waals surface area contributed by atoms with E-state index in [0.29, 0.717) is 30.3 Å². The molecule has 0 aliphatic heterocycles. The lowest BCUT2D eigenvalue weighted by molar-refractivity contribution is -0.117. The molecule has 0 aliphatic rings. The predicted octanol–water partition coefficient (Wildman–Crippen LogP) is 3.45. The maximum atomic E-state index is 12.9. The first-order chi connectivity index (χ1) is 17.8. The SMILES string of the molecule is CCCn1nc(C(=O)NNC(=O)/C=C/c2c(C)nn(Cc3ccc(C)cc3)c2C)c2ccccc2c1=O. The number of hydrazine groups is 1. The molecule has 2 N–H and O–H groups in total. The minimum atomic E-state index is -0.610. The highest BCUT2D eigenvalue weighted by Gasteiger charge is 2.17. The maximum Gasteiger partial charge on any atom is 0.290 e. The van der Waals surface area contributed by atoms with Crippen molar-refractivity contribution in [2.24, 2.45) is 0 Å². The summed E-state index contributed by atoms with van der Waals surface area (Å²) < 4.78 is 3.18. The van der Waals surface area contributed by atoms with Crippen molar-refractivity contribution >= 4 is 28.7 Å². The molecule has 4 rings (SSSR count). The van der Waals surface area contributed by atoms with E-state index in [4.69, 9.17) is 0 Å². The van der Waals surface area contributed by atoms with Gasteiger partial charge in [-0.15, -0.1) is 0 Å². The Morgan fingerprint density at radius 2 is 1.62 bits per heavy atom. The van der Waals surface area contributed by atoms with Gasteiger partial charge in [0.2, 0.25) is 0 Å². The summed E-state index contributed by atoms with van der Waals surface area (Å²) in [7, 11) is 0. The molecule has 0 radical (unpaired) electrons. The number of rotatable bonds is 7. The van der Waals surface area contributed by atoms with Crippen molar-refractivity contribution in [1.29, 1.82) is 0 Å². The fourth-order valence-electron chi connectivity index (χ4n) is 4.12. The van der Waals surface area contributed by atoms with Crippen LogP contribution >= 0.6 is 0 Å². The van der Waals surface area contributed by atoms with Gasteiger partial charge in [-0.05, 0) is 44.9 Å². The van der Waals surface area contributed by atoms with Crippen molar-refractivity contribution in [3.8, 4) is 0 Å². The van der Waals surface area contributed by atoms with Crippen LogP contribution in [0.4, 0.5) is 0 Å². The van der Waals surface area contributed by atoms with Crippen molar-refractivity contribution in [1.82, 2.24) is 30.4 Å². The summed E-state index contributed by atoms with van der Waals surface area (Å²) in [6, 6.07) is 15.1. The van der Waals surface area contributed by atoms with Crippen LogP contribution in [0.2, 0.25) is 0 Å². The van der Waals surface area contributed by atoms with Gasteiger partial charge in [0.15, 0.2) is 5.69 Å². The summed E-state index contributed by atoms with van der Waals surface area (Å²) >= 11 is 0. The van der Waals surface area contributed by atoms with Crippen molar-refractivity contribution in [3.63, 3.8) is 0 Å². The van der Waals surface area contributed by atoms with Crippen molar-refractivity contribution in [2.45, 2.75) is 47.2 Å². The molecule has 0 aliphatic carbocycles. The summed E-state index contributed by atoms with van der Waals surface area (Å²) in [5.41, 5.74) is 9.51. The Bertz CT molecular complexity index is 1550. The van der Waals surface area contributed by atoms with Crippen molar-refractivity contribution in [2.75, 3.05) is 0 Å². The molecule has 9 nitrogen and oxygen atoms in total. The molecule has 190 valence electrons. The summed E-state index contributed by atoms with van der Waals surface area (Å²) in [5.74, 6) is -1.12. The number of aromatic nitrogens is 4. The number of hydrogen-bond acceptors (Lipinski definition) is 5. The first kappa shape index (κ1) is 25.6. The maximum absolute atomic E-state index is 12.9. The van der Waals surface area contributed by atoms with Crippen LogP contribution < -0.4 is 16.4 Å². The normalized spacial score (nSPS) is 11.2. The number of amides is 2. The summed E-state index contributed by atoms with van der Waals surface area (Å²) in [5, 5.41) is 9.67. The second-order valence-corrected chi connectivity index (χ2v) is 8.93. The minimum absolute atomic E-state index is 0.0667. The third-order valence-corrected chi connectivity index (χ3v) is 6.11. The van der Waals surface area contributed by atoms with Crippen molar-refractivity contribution in [3.05, 3.63) is 98.7 Å². The van der Waals surface area contributed by atoms with Crippen LogP contribution in [0.25, 0.3) is 16.8 Å². The lowest BCUT2D eigenvalue weighted by Crippen LogP contribution is -2.42. The van der Waals surface area contributed by atoms with Gasteiger partial charge in [0.05, 0.1) is 17.6 Å². The number of carbonyl (C=O) groups is 2. The second-order valence-electron chi connectivity index (χ2n) is 8.93. The highest BCUT2D eigenvalue weighted by molar-refractivity contribution is 6.05. The minimum Gasteiger partial charge on any atom is -0.268 e. The summed E-state index contributed by atoms with van der Waals surface area (Å²) in [4.78, 5) is 38.0. The highest BCUT2D eigenvalue weighted by atomic mass is 16.2. The van der Waals surface area contributed by atoms with E-state index in [2.05, 4.69) is 45.3 Å². The van der Waals surface area contributed by atoms with Gasteiger partial charge in [-0.3, -0.25) is 29.9 Å². The first-order valence-electron chi connectivity index (χ1n) is 12.2. The van der Waals surface area contributed by atoms with E-state index >= 15 is 0 Å². The van der Waals surface area contributed by atoms with Gasteiger partial charge in [-0.2, -0.15) is 10.2 Å². The van der Waals surface area contributed by atoms with Crippen molar-refractivity contribution < 1.29 is 9.59 Å². The molecule has 9 heteroatoms. The number of nitrogens with one attached hydrogen (secondary N) is 2. The molecule has 2 aromatic carbocycles. The summed E-state index contributed by atoms with van der Waals surface area (Å²) in [6.45, 7) is 8.83. The average molecular weight is 499 g/mol. The Hall–Kier alpha value is -4.53. The topological polar surface area (TPSA) is 111 Å². The number of benzene rings is 2. The number of carbonyl (C=O) groups excluding carboxylic acids is 2. The van der Waals surface area contributed by atoms with Crippen LogP contribution in [0.5, 0.6) is 0 Å². The average Bonchev–Trinajstić information content (AvgIpc) is 3.16. The lowest BCUT2D eigenvalue weighted by Gasteiger charge is -2.10. The van der Waals surface area contributed by atoms with Crippen LogP contribution in [0, 0.1) is 20.8 Å². The fraction of sp³-hybridized carbons (Fsp3) is 0.250. The first-order valence-corrected chi connectivity index (χ1v) is 12.2. The Balaban J connectivity index is 1.46. The standard InChI is InChI=1S/C28H30N6O3/c1-5-16-33-28(37)24-9-7-6-8-23(24)26(32-33)27(36)30-29-25(35)15-14-22-19(3)31-34(20(22)4)17-21-12-10-18(2)11-13-21/h6-15H,5,16-17H2,1-4H3,(H,29,35)(H,30,36)/b15-14+. The number of nitrogens with zero attached hydrogens (tertiary/aromatic N) is 4. The van der Waals surface area contributed by atoms with E-state index < -0.39 is 11.8 Å². The lowest BCUT2D eigenvalue weighted by atomic mass is 10.1. The molecule has 0 saturated heterocycles. The molecule has 0 atom stereocenters. The molecule has 37 heavy (non-hydrogen) atoms. The highest BCUT2D eigenvalue weighted by Crippen LogP contribution is 2.17.